The van der Waals surface area contributed by atoms with Gasteiger partial charge in [0.25, 0.3) is 11.7 Å². The molecule has 2 heterocycles. The summed E-state index contributed by atoms with van der Waals surface area (Å²) in [6, 6.07) is 9.44. The predicted octanol–water partition coefficient (Wildman–Crippen LogP) is 2.16. The number of amides is 1. The van der Waals surface area contributed by atoms with Crippen LogP contribution < -0.4 is 4.74 Å². The van der Waals surface area contributed by atoms with Crippen molar-refractivity contribution in [3.8, 4) is 5.75 Å². The number of benzene rings is 1. The molecule has 0 aliphatic carbocycles. The van der Waals surface area contributed by atoms with Crippen LogP contribution in [0.25, 0.3) is 5.76 Å². The van der Waals surface area contributed by atoms with Crippen LogP contribution in [0.4, 0.5) is 0 Å². The molecule has 2 aromatic rings. The molecule has 7 heteroatoms. The Morgan fingerprint density at radius 2 is 2.04 bits per heavy atom. The number of aliphatic hydroxyl groups excluding tert-OH is 1. The zero-order valence-electron chi connectivity index (χ0n) is 15.1. The number of methoxy groups -OCH3 is 2. The molecule has 1 amide bonds. The number of carbonyl (C=O) groups excluding carboxylic acids is 2. The fourth-order valence-corrected chi connectivity index (χ4v) is 3.11. The van der Waals surface area contributed by atoms with Crippen LogP contribution in [0.1, 0.15) is 17.2 Å². The van der Waals surface area contributed by atoms with Gasteiger partial charge in [0, 0.05) is 31.6 Å². The van der Waals surface area contributed by atoms with E-state index in [1.54, 1.807) is 48.8 Å². The Morgan fingerprint density at radius 3 is 2.70 bits per heavy atom. The van der Waals surface area contributed by atoms with Crippen molar-refractivity contribution in [1.82, 2.24) is 9.88 Å². The Bertz CT molecular complexity index is 879. The Balaban J connectivity index is 2.15. The molecule has 0 saturated carbocycles. The lowest BCUT2D eigenvalue weighted by Gasteiger charge is -2.24. The maximum Gasteiger partial charge on any atom is 0.295 e. The highest BCUT2D eigenvalue weighted by atomic mass is 16.5. The molecule has 140 valence electrons. The van der Waals surface area contributed by atoms with E-state index < -0.39 is 17.7 Å². The van der Waals surface area contributed by atoms with E-state index in [0.29, 0.717) is 16.9 Å². The highest BCUT2D eigenvalue weighted by molar-refractivity contribution is 6.46. The second-order valence-corrected chi connectivity index (χ2v) is 6.00. The summed E-state index contributed by atoms with van der Waals surface area (Å²) in [7, 11) is 3.03. The second-order valence-electron chi connectivity index (χ2n) is 6.00. The Morgan fingerprint density at radius 1 is 1.22 bits per heavy atom. The predicted molar refractivity (Wildman–Crippen MR) is 98.1 cm³/mol. The molecule has 0 bridgehead atoms. The van der Waals surface area contributed by atoms with Gasteiger partial charge in [-0.1, -0.05) is 18.2 Å². The van der Waals surface area contributed by atoms with Gasteiger partial charge >= 0.3 is 0 Å². The van der Waals surface area contributed by atoms with Gasteiger partial charge in [0.1, 0.15) is 11.5 Å². The third kappa shape index (κ3) is 3.54. The van der Waals surface area contributed by atoms with Crippen LogP contribution in [-0.2, 0) is 14.3 Å². The summed E-state index contributed by atoms with van der Waals surface area (Å²) in [6.45, 7) is 0.485. The van der Waals surface area contributed by atoms with Crippen molar-refractivity contribution in [2.24, 2.45) is 0 Å². The maximum absolute atomic E-state index is 12.7. The van der Waals surface area contributed by atoms with Crippen molar-refractivity contribution in [2.75, 3.05) is 27.4 Å². The van der Waals surface area contributed by atoms with E-state index in [1.165, 1.54) is 19.1 Å². The van der Waals surface area contributed by atoms with Crippen molar-refractivity contribution in [2.45, 2.75) is 6.04 Å². The number of aromatic nitrogens is 1. The molecule has 0 spiro atoms. The lowest BCUT2D eigenvalue weighted by Crippen LogP contribution is -2.32. The number of carbonyl (C=O) groups is 2. The molecule has 0 radical (unpaired) electrons. The zero-order valence-corrected chi connectivity index (χ0v) is 15.1. The Kier molecular flexibility index (Phi) is 5.52. The van der Waals surface area contributed by atoms with Crippen LogP contribution in [0.2, 0.25) is 0 Å². The summed E-state index contributed by atoms with van der Waals surface area (Å²) in [4.78, 5) is 30.8. The van der Waals surface area contributed by atoms with Crippen LogP contribution >= 0.6 is 0 Å². The molecule has 27 heavy (non-hydrogen) atoms. The van der Waals surface area contributed by atoms with Crippen molar-refractivity contribution in [3.05, 3.63) is 65.5 Å². The number of hydrogen-bond donors (Lipinski definition) is 1. The van der Waals surface area contributed by atoms with Gasteiger partial charge in [0.15, 0.2) is 0 Å². The number of aliphatic hydroxyl groups is 1. The minimum Gasteiger partial charge on any atom is -0.507 e. The van der Waals surface area contributed by atoms with E-state index in [2.05, 4.69) is 4.98 Å². The van der Waals surface area contributed by atoms with Crippen LogP contribution in [0.15, 0.2) is 54.4 Å². The smallest absolute Gasteiger partial charge is 0.295 e. The summed E-state index contributed by atoms with van der Waals surface area (Å²) >= 11 is 0. The van der Waals surface area contributed by atoms with Crippen LogP contribution in [0, 0.1) is 0 Å². The largest absolute Gasteiger partial charge is 0.507 e. The van der Waals surface area contributed by atoms with Gasteiger partial charge in [0.2, 0.25) is 0 Å². The van der Waals surface area contributed by atoms with Crippen LogP contribution in [-0.4, -0.2) is 54.1 Å². The maximum atomic E-state index is 12.7. The first-order valence-corrected chi connectivity index (χ1v) is 8.40. The van der Waals surface area contributed by atoms with Gasteiger partial charge in [-0.05, 0) is 23.8 Å². The number of rotatable bonds is 6. The number of hydrogen-bond acceptors (Lipinski definition) is 6. The van der Waals surface area contributed by atoms with Gasteiger partial charge < -0.3 is 19.5 Å². The van der Waals surface area contributed by atoms with Gasteiger partial charge in [-0.25, -0.2) is 0 Å². The molecule has 1 unspecified atom stereocenters. The van der Waals surface area contributed by atoms with E-state index in [-0.39, 0.29) is 24.5 Å². The number of ketones is 1. The van der Waals surface area contributed by atoms with E-state index >= 15 is 0 Å². The standard InChI is InChI=1S/C20H20N2O5/c1-26-10-9-22-17(14-6-4-8-21-12-14)16(19(24)20(22)25)18(23)13-5-3-7-15(11-13)27-2/h3-8,11-12,17,23H,9-10H2,1-2H3. The molecule has 1 aliphatic heterocycles. The summed E-state index contributed by atoms with van der Waals surface area (Å²) in [5, 5.41) is 10.9. The number of nitrogens with zero attached hydrogens (tertiary/aromatic N) is 2. The lowest BCUT2D eigenvalue weighted by atomic mass is 9.96. The normalized spacial score (nSPS) is 18.7. The quantitative estimate of drug-likeness (QED) is 0.477. The minimum absolute atomic E-state index is 0.0253. The first kappa shape index (κ1) is 18.6. The average molecular weight is 368 g/mol. The molecule has 1 aromatic heterocycles. The number of ether oxygens (including phenoxy) is 2. The first-order chi connectivity index (χ1) is 13.1. The molecule has 1 N–H and O–H groups in total. The topological polar surface area (TPSA) is 89.0 Å². The zero-order chi connectivity index (χ0) is 19.4. The summed E-state index contributed by atoms with van der Waals surface area (Å²) < 4.78 is 10.2. The average Bonchev–Trinajstić information content (AvgIpc) is 2.97. The van der Waals surface area contributed by atoms with E-state index in [9.17, 15) is 14.7 Å². The SMILES string of the molecule is COCCN1C(=O)C(=O)C(=C(O)c2cccc(OC)c2)C1c1cccnc1. The van der Waals surface area contributed by atoms with Crippen molar-refractivity contribution < 1.29 is 24.2 Å². The number of pyridine rings is 1. The van der Waals surface area contributed by atoms with Crippen molar-refractivity contribution in [1.29, 1.82) is 0 Å². The molecule has 3 rings (SSSR count). The highest BCUT2D eigenvalue weighted by Crippen LogP contribution is 2.39. The van der Waals surface area contributed by atoms with Gasteiger partial charge in [-0.3, -0.25) is 14.6 Å². The molecule has 1 aromatic carbocycles. The lowest BCUT2D eigenvalue weighted by molar-refractivity contribution is -0.140. The van der Waals surface area contributed by atoms with Crippen LogP contribution in [0.5, 0.6) is 5.75 Å². The summed E-state index contributed by atoms with van der Waals surface area (Å²) in [5.74, 6) is -1.13. The summed E-state index contributed by atoms with van der Waals surface area (Å²) in [5.41, 5.74) is 1.06. The van der Waals surface area contributed by atoms with Gasteiger partial charge in [-0.15, -0.1) is 0 Å². The van der Waals surface area contributed by atoms with E-state index in [4.69, 9.17) is 9.47 Å². The fraction of sp³-hybridized carbons (Fsp3) is 0.250. The summed E-state index contributed by atoms with van der Waals surface area (Å²) in [6.07, 6.45) is 3.18. The molecule has 1 aliphatic rings. The third-order valence-electron chi connectivity index (χ3n) is 4.42. The molecule has 1 fully saturated rings. The molecule has 1 saturated heterocycles. The Hall–Kier alpha value is -3.19. The third-order valence-corrected chi connectivity index (χ3v) is 4.42. The monoisotopic (exact) mass is 368 g/mol. The van der Waals surface area contributed by atoms with Gasteiger partial charge in [-0.2, -0.15) is 0 Å². The number of likely N-dealkylation sites (tertiary alicyclic amines) is 1. The number of Topliss-reactive ketones (excluding diaryl/α,β-unsaturated/α-hetero) is 1. The second kappa shape index (κ2) is 8.01. The molecular weight excluding hydrogens is 348 g/mol. The van der Waals surface area contributed by atoms with Crippen LogP contribution in [0.3, 0.4) is 0 Å². The highest BCUT2D eigenvalue weighted by Gasteiger charge is 2.45. The molecule has 7 nitrogen and oxygen atoms in total. The molecule has 1 atom stereocenters. The Labute approximate surface area is 156 Å². The molecular formula is C20H20N2O5. The van der Waals surface area contributed by atoms with E-state index in [0.717, 1.165) is 0 Å². The van der Waals surface area contributed by atoms with Crippen molar-refractivity contribution in [3.63, 3.8) is 0 Å². The van der Waals surface area contributed by atoms with Crippen molar-refractivity contribution >= 4 is 17.4 Å². The van der Waals surface area contributed by atoms with E-state index in [1.807, 2.05) is 0 Å². The fourth-order valence-electron chi connectivity index (χ4n) is 3.11. The first-order valence-electron chi connectivity index (χ1n) is 8.40. The van der Waals surface area contributed by atoms with Gasteiger partial charge in [0.05, 0.1) is 25.3 Å². The minimum atomic E-state index is -0.736.